The number of tetrazole rings is 1. The van der Waals surface area contributed by atoms with Crippen molar-refractivity contribution in [3.05, 3.63) is 24.3 Å². The van der Waals surface area contributed by atoms with Crippen LogP contribution in [0.4, 0.5) is 5.69 Å². The summed E-state index contributed by atoms with van der Waals surface area (Å²) in [4.78, 5) is 13.3. The molecule has 7 nitrogen and oxygen atoms in total. The number of carbonyl (C=O) groups excluding carboxylic acids is 1. The predicted molar refractivity (Wildman–Crippen MR) is 104 cm³/mol. The normalized spacial score (nSPS) is 12.0. The molecular formula is C17H22N6OS2. The first-order valence-electron chi connectivity index (χ1n) is 8.31. The topological polar surface area (TPSA) is 96.5 Å². The Morgan fingerprint density at radius 2 is 2.12 bits per heavy atom. The van der Waals surface area contributed by atoms with Crippen molar-refractivity contribution in [1.82, 2.24) is 20.2 Å². The Kier molecular flexibility index (Phi) is 7.94. The average Bonchev–Trinajstić information content (AvgIpc) is 3.01. The molecule has 1 aromatic heterocycles. The molecule has 0 aliphatic carbocycles. The Hall–Kier alpha value is -2.05. The lowest BCUT2D eigenvalue weighted by Crippen LogP contribution is -2.16. The molecule has 0 aliphatic rings. The van der Waals surface area contributed by atoms with Crippen molar-refractivity contribution in [2.45, 2.75) is 49.0 Å². The lowest BCUT2D eigenvalue weighted by molar-refractivity contribution is -0.113. The fraction of sp³-hybridized carbons (Fsp3) is 0.471. The molecule has 0 saturated carbocycles. The van der Waals surface area contributed by atoms with Crippen LogP contribution in [0.5, 0.6) is 0 Å². The number of para-hydroxylation sites is 1. The summed E-state index contributed by atoms with van der Waals surface area (Å²) in [5, 5.41) is 24.2. The van der Waals surface area contributed by atoms with Crippen LogP contribution in [0, 0.1) is 17.2 Å². The van der Waals surface area contributed by atoms with Gasteiger partial charge in [0.05, 0.1) is 17.5 Å². The van der Waals surface area contributed by atoms with Gasteiger partial charge in [-0.1, -0.05) is 44.7 Å². The van der Waals surface area contributed by atoms with Crippen LogP contribution in [0.2, 0.25) is 0 Å². The molecule has 26 heavy (non-hydrogen) atoms. The molecule has 2 aromatic rings. The SMILES string of the molecule is CC(C)Cn1nnnc1SCC(=O)Nc1ccccc1S[C@@H](C)CC#N. The molecule has 138 valence electrons. The van der Waals surface area contributed by atoms with Crippen LogP contribution in [0.3, 0.4) is 0 Å². The van der Waals surface area contributed by atoms with Crippen molar-refractivity contribution in [2.24, 2.45) is 5.92 Å². The van der Waals surface area contributed by atoms with Crippen molar-refractivity contribution in [3.8, 4) is 6.07 Å². The van der Waals surface area contributed by atoms with Gasteiger partial charge in [0.25, 0.3) is 0 Å². The Morgan fingerprint density at radius 3 is 2.85 bits per heavy atom. The molecule has 0 bridgehead atoms. The third-order valence-electron chi connectivity index (χ3n) is 3.24. The number of nitriles is 1. The fourth-order valence-electron chi connectivity index (χ4n) is 2.14. The Balaban J connectivity index is 1.94. The van der Waals surface area contributed by atoms with Crippen molar-refractivity contribution >= 4 is 35.1 Å². The number of aromatic nitrogens is 4. The maximum Gasteiger partial charge on any atom is 0.234 e. The molecule has 9 heteroatoms. The van der Waals surface area contributed by atoms with Crippen LogP contribution in [-0.2, 0) is 11.3 Å². The van der Waals surface area contributed by atoms with Gasteiger partial charge in [0, 0.05) is 23.1 Å². The highest BCUT2D eigenvalue weighted by Crippen LogP contribution is 2.31. The summed E-state index contributed by atoms with van der Waals surface area (Å²) in [5.41, 5.74) is 0.759. The summed E-state index contributed by atoms with van der Waals surface area (Å²) in [5.74, 6) is 0.534. The van der Waals surface area contributed by atoms with Crippen LogP contribution >= 0.6 is 23.5 Å². The van der Waals surface area contributed by atoms with E-state index in [2.05, 4.69) is 40.8 Å². The first-order valence-corrected chi connectivity index (χ1v) is 10.2. The van der Waals surface area contributed by atoms with Gasteiger partial charge in [-0.3, -0.25) is 4.79 Å². The number of hydrogen-bond donors (Lipinski definition) is 1. The summed E-state index contributed by atoms with van der Waals surface area (Å²) in [6.07, 6.45) is 0.460. The second-order valence-corrected chi connectivity index (χ2v) is 8.58. The van der Waals surface area contributed by atoms with Crippen LogP contribution in [0.15, 0.2) is 34.3 Å². The highest BCUT2D eigenvalue weighted by atomic mass is 32.2. The zero-order valence-corrected chi connectivity index (χ0v) is 16.7. The van der Waals surface area contributed by atoms with Gasteiger partial charge in [0.2, 0.25) is 11.1 Å². The summed E-state index contributed by atoms with van der Waals surface area (Å²) in [6.45, 7) is 6.89. The lowest BCUT2D eigenvalue weighted by Gasteiger charge is -2.13. The number of rotatable bonds is 9. The zero-order chi connectivity index (χ0) is 18.9. The van der Waals surface area contributed by atoms with E-state index in [1.165, 1.54) is 11.8 Å². The number of amides is 1. The minimum Gasteiger partial charge on any atom is -0.324 e. The maximum absolute atomic E-state index is 12.3. The molecule has 0 saturated heterocycles. The van der Waals surface area contributed by atoms with Gasteiger partial charge >= 0.3 is 0 Å². The zero-order valence-electron chi connectivity index (χ0n) is 15.0. The minimum atomic E-state index is -0.116. The molecule has 1 atom stereocenters. The van der Waals surface area contributed by atoms with Crippen molar-refractivity contribution in [2.75, 3.05) is 11.1 Å². The van der Waals surface area contributed by atoms with E-state index in [-0.39, 0.29) is 16.9 Å². The minimum absolute atomic E-state index is 0.116. The van der Waals surface area contributed by atoms with E-state index in [0.717, 1.165) is 10.6 Å². The van der Waals surface area contributed by atoms with Gasteiger partial charge < -0.3 is 5.32 Å². The smallest absolute Gasteiger partial charge is 0.234 e. The quantitative estimate of drug-likeness (QED) is 0.655. The number of thioether (sulfide) groups is 2. The summed E-state index contributed by atoms with van der Waals surface area (Å²) in [7, 11) is 0. The van der Waals surface area contributed by atoms with E-state index >= 15 is 0 Å². The predicted octanol–water partition coefficient (Wildman–Crippen LogP) is 3.45. The average molecular weight is 391 g/mol. The van der Waals surface area contributed by atoms with E-state index in [9.17, 15) is 4.79 Å². The highest BCUT2D eigenvalue weighted by Gasteiger charge is 2.13. The summed E-state index contributed by atoms with van der Waals surface area (Å²) >= 11 is 2.90. The molecule has 1 amide bonds. The first-order chi connectivity index (χ1) is 12.5. The second kappa shape index (κ2) is 10.2. The lowest BCUT2D eigenvalue weighted by atomic mass is 10.2. The molecule has 0 fully saturated rings. The monoisotopic (exact) mass is 390 g/mol. The van der Waals surface area contributed by atoms with Crippen LogP contribution in [0.25, 0.3) is 0 Å². The van der Waals surface area contributed by atoms with Gasteiger partial charge in [-0.15, -0.1) is 16.9 Å². The largest absolute Gasteiger partial charge is 0.324 e. The number of carbonyl (C=O) groups is 1. The summed E-state index contributed by atoms with van der Waals surface area (Å²) < 4.78 is 1.72. The van der Waals surface area contributed by atoms with Crippen LogP contribution in [-0.4, -0.2) is 37.1 Å². The second-order valence-electron chi connectivity index (χ2n) is 6.16. The molecule has 2 rings (SSSR count). The van der Waals surface area contributed by atoms with Gasteiger partial charge in [-0.05, 0) is 28.5 Å². The number of benzene rings is 1. The molecule has 0 radical (unpaired) electrons. The Bertz CT molecular complexity index is 771. The third-order valence-corrected chi connectivity index (χ3v) is 5.37. The molecule has 1 aromatic carbocycles. The molecule has 0 unspecified atom stereocenters. The molecule has 1 heterocycles. The van der Waals surface area contributed by atoms with Crippen molar-refractivity contribution < 1.29 is 4.79 Å². The summed E-state index contributed by atoms with van der Waals surface area (Å²) in [6, 6.07) is 9.79. The third kappa shape index (κ3) is 6.35. The Labute approximate surface area is 161 Å². The van der Waals surface area contributed by atoms with E-state index in [1.54, 1.807) is 16.4 Å². The maximum atomic E-state index is 12.3. The molecule has 0 spiro atoms. The Morgan fingerprint density at radius 1 is 1.35 bits per heavy atom. The fourth-order valence-corrected chi connectivity index (χ4v) is 3.82. The van der Waals surface area contributed by atoms with E-state index in [1.807, 2.05) is 31.2 Å². The number of anilines is 1. The van der Waals surface area contributed by atoms with Gasteiger partial charge in [-0.25, -0.2) is 4.68 Å². The van der Waals surface area contributed by atoms with Gasteiger partial charge in [0.1, 0.15) is 0 Å². The van der Waals surface area contributed by atoms with E-state index < -0.39 is 0 Å². The van der Waals surface area contributed by atoms with Gasteiger partial charge in [0.15, 0.2) is 0 Å². The standard InChI is InChI=1S/C17H22N6OS2/c1-12(2)10-23-17(20-21-22-23)25-11-16(24)19-14-6-4-5-7-15(14)26-13(3)8-9-18/h4-7,12-13H,8,10-11H2,1-3H3,(H,19,24)/t13-/m0/s1. The first kappa shape index (κ1) is 20.3. The number of nitrogens with one attached hydrogen (secondary N) is 1. The van der Waals surface area contributed by atoms with Gasteiger partial charge in [-0.2, -0.15) is 5.26 Å². The van der Waals surface area contributed by atoms with Crippen molar-refractivity contribution in [1.29, 1.82) is 5.26 Å². The molecule has 0 aliphatic heterocycles. The molecular weight excluding hydrogens is 368 g/mol. The van der Waals surface area contributed by atoms with E-state index in [0.29, 0.717) is 24.0 Å². The van der Waals surface area contributed by atoms with Crippen LogP contribution < -0.4 is 5.32 Å². The van der Waals surface area contributed by atoms with Crippen molar-refractivity contribution in [3.63, 3.8) is 0 Å². The number of nitrogens with zero attached hydrogens (tertiary/aromatic N) is 5. The van der Waals surface area contributed by atoms with E-state index in [4.69, 9.17) is 5.26 Å². The highest BCUT2D eigenvalue weighted by molar-refractivity contribution is 8.00. The molecule has 1 N–H and O–H groups in total. The van der Waals surface area contributed by atoms with Crippen LogP contribution in [0.1, 0.15) is 27.2 Å². The number of hydrogen-bond acceptors (Lipinski definition) is 7.